The zero-order valence-corrected chi connectivity index (χ0v) is 15.3. The SMILES string of the molecule is CCOc1cc2ccccc2cc1C(=O)N1CCN(c2ncccn2)CC1. The number of ether oxygens (including phenoxy) is 1. The van der Waals surface area contributed by atoms with Gasteiger partial charge < -0.3 is 14.5 Å². The molecule has 3 aromatic rings. The van der Waals surface area contributed by atoms with Crippen molar-refractivity contribution in [1.29, 1.82) is 0 Å². The second-order valence-electron chi connectivity index (χ2n) is 6.46. The van der Waals surface area contributed by atoms with Gasteiger partial charge in [0.05, 0.1) is 12.2 Å². The van der Waals surface area contributed by atoms with Crippen LogP contribution in [-0.2, 0) is 0 Å². The molecule has 0 saturated carbocycles. The van der Waals surface area contributed by atoms with Crippen molar-refractivity contribution in [3.05, 3.63) is 60.4 Å². The topological polar surface area (TPSA) is 58.6 Å². The van der Waals surface area contributed by atoms with Crippen LogP contribution in [0.15, 0.2) is 54.9 Å². The number of rotatable bonds is 4. The maximum Gasteiger partial charge on any atom is 0.257 e. The van der Waals surface area contributed by atoms with Gasteiger partial charge in [0, 0.05) is 38.6 Å². The second kappa shape index (κ2) is 7.61. The fourth-order valence-electron chi connectivity index (χ4n) is 3.40. The maximum atomic E-state index is 13.2. The molecule has 6 heteroatoms. The Morgan fingerprint density at radius 3 is 2.33 bits per heavy atom. The molecule has 1 aromatic heterocycles. The normalized spacial score (nSPS) is 14.4. The van der Waals surface area contributed by atoms with Gasteiger partial charge in [-0.15, -0.1) is 0 Å². The van der Waals surface area contributed by atoms with Crippen LogP contribution in [0.25, 0.3) is 10.8 Å². The molecule has 27 heavy (non-hydrogen) atoms. The number of anilines is 1. The largest absolute Gasteiger partial charge is 0.493 e. The van der Waals surface area contributed by atoms with Gasteiger partial charge in [-0.25, -0.2) is 9.97 Å². The average Bonchev–Trinajstić information content (AvgIpc) is 2.74. The van der Waals surface area contributed by atoms with Crippen LogP contribution in [0.2, 0.25) is 0 Å². The third-order valence-corrected chi connectivity index (χ3v) is 4.78. The molecule has 2 heterocycles. The molecule has 0 spiro atoms. The highest BCUT2D eigenvalue weighted by Crippen LogP contribution is 2.28. The highest BCUT2D eigenvalue weighted by Gasteiger charge is 2.25. The van der Waals surface area contributed by atoms with Crippen molar-refractivity contribution in [3.8, 4) is 5.75 Å². The van der Waals surface area contributed by atoms with Crippen molar-refractivity contribution in [2.75, 3.05) is 37.7 Å². The minimum atomic E-state index is 0.0119. The molecular weight excluding hydrogens is 340 g/mol. The fraction of sp³-hybridized carbons (Fsp3) is 0.286. The Labute approximate surface area is 158 Å². The second-order valence-corrected chi connectivity index (χ2v) is 6.46. The summed E-state index contributed by atoms with van der Waals surface area (Å²) < 4.78 is 5.77. The van der Waals surface area contributed by atoms with E-state index in [2.05, 4.69) is 14.9 Å². The molecule has 0 aliphatic carbocycles. The zero-order valence-electron chi connectivity index (χ0n) is 15.3. The lowest BCUT2D eigenvalue weighted by molar-refractivity contribution is 0.0742. The highest BCUT2D eigenvalue weighted by atomic mass is 16.5. The molecule has 0 unspecified atom stereocenters. The third kappa shape index (κ3) is 3.56. The van der Waals surface area contributed by atoms with Crippen LogP contribution in [0.4, 0.5) is 5.95 Å². The molecule has 0 atom stereocenters. The summed E-state index contributed by atoms with van der Waals surface area (Å²) in [4.78, 5) is 25.8. The summed E-state index contributed by atoms with van der Waals surface area (Å²) in [6.07, 6.45) is 3.48. The van der Waals surface area contributed by atoms with E-state index in [9.17, 15) is 4.79 Å². The Balaban J connectivity index is 1.55. The number of fused-ring (bicyclic) bond motifs is 1. The zero-order chi connectivity index (χ0) is 18.6. The number of amides is 1. The molecule has 0 N–H and O–H groups in total. The summed E-state index contributed by atoms with van der Waals surface area (Å²) in [6, 6.07) is 13.7. The van der Waals surface area contributed by atoms with Crippen molar-refractivity contribution in [1.82, 2.24) is 14.9 Å². The molecule has 1 aliphatic rings. The Hall–Kier alpha value is -3.15. The Morgan fingerprint density at radius 1 is 1.00 bits per heavy atom. The highest BCUT2D eigenvalue weighted by molar-refractivity contribution is 6.01. The van der Waals surface area contributed by atoms with Crippen molar-refractivity contribution in [3.63, 3.8) is 0 Å². The van der Waals surface area contributed by atoms with Gasteiger partial charge in [-0.2, -0.15) is 0 Å². The van der Waals surface area contributed by atoms with Crippen LogP contribution in [0.5, 0.6) is 5.75 Å². The van der Waals surface area contributed by atoms with E-state index in [-0.39, 0.29) is 5.91 Å². The fourth-order valence-corrected chi connectivity index (χ4v) is 3.40. The number of piperazine rings is 1. The molecule has 138 valence electrons. The number of aromatic nitrogens is 2. The summed E-state index contributed by atoms with van der Waals surface area (Å²) in [6.45, 7) is 5.16. The first-order valence-electron chi connectivity index (χ1n) is 9.23. The van der Waals surface area contributed by atoms with Gasteiger partial charge in [0.15, 0.2) is 0 Å². The third-order valence-electron chi connectivity index (χ3n) is 4.78. The molecule has 6 nitrogen and oxygen atoms in total. The number of benzene rings is 2. The number of carbonyl (C=O) groups excluding carboxylic acids is 1. The number of hydrogen-bond acceptors (Lipinski definition) is 5. The van der Waals surface area contributed by atoms with E-state index in [4.69, 9.17) is 4.74 Å². The van der Waals surface area contributed by atoms with Gasteiger partial charge in [0.2, 0.25) is 5.95 Å². The first kappa shape index (κ1) is 17.3. The van der Waals surface area contributed by atoms with Gasteiger partial charge in [0.25, 0.3) is 5.91 Å². The van der Waals surface area contributed by atoms with Gasteiger partial charge in [0.1, 0.15) is 5.75 Å². The van der Waals surface area contributed by atoms with E-state index >= 15 is 0 Å². The number of hydrogen-bond donors (Lipinski definition) is 0. The summed E-state index contributed by atoms with van der Waals surface area (Å²) in [7, 11) is 0. The Kier molecular flexibility index (Phi) is 4.87. The minimum absolute atomic E-state index is 0.0119. The van der Waals surface area contributed by atoms with Crippen LogP contribution < -0.4 is 9.64 Å². The summed E-state index contributed by atoms with van der Waals surface area (Å²) in [5.74, 6) is 1.37. The van der Waals surface area contributed by atoms with E-state index in [0.29, 0.717) is 50.0 Å². The van der Waals surface area contributed by atoms with Crippen LogP contribution in [0.1, 0.15) is 17.3 Å². The maximum absolute atomic E-state index is 13.2. The predicted molar refractivity (Wildman–Crippen MR) is 105 cm³/mol. The van der Waals surface area contributed by atoms with Crippen LogP contribution in [0.3, 0.4) is 0 Å². The lowest BCUT2D eigenvalue weighted by atomic mass is 10.0. The van der Waals surface area contributed by atoms with E-state index in [1.807, 2.05) is 48.2 Å². The van der Waals surface area contributed by atoms with E-state index < -0.39 is 0 Å². The predicted octanol–water partition coefficient (Wildman–Crippen LogP) is 2.99. The van der Waals surface area contributed by atoms with E-state index in [1.54, 1.807) is 18.5 Å². The molecule has 0 radical (unpaired) electrons. The summed E-state index contributed by atoms with van der Waals surface area (Å²) in [5.41, 5.74) is 0.625. The average molecular weight is 362 g/mol. The van der Waals surface area contributed by atoms with Crippen LogP contribution >= 0.6 is 0 Å². The lowest BCUT2D eigenvalue weighted by Crippen LogP contribution is -2.49. The Morgan fingerprint density at radius 2 is 1.67 bits per heavy atom. The molecule has 0 bridgehead atoms. The van der Waals surface area contributed by atoms with Crippen molar-refractivity contribution >= 4 is 22.6 Å². The Bertz CT molecular complexity index is 937. The first-order valence-corrected chi connectivity index (χ1v) is 9.23. The standard InChI is InChI=1S/C21H22N4O2/c1-2-27-19-15-17-7-4-3-6-16(17)14-18(19)20(26)24-10-12-25(13-11-24)21-22-8-5-9-23-21/h3-9,14-15H,2,10-13H2,1H3. The van der Waals surface area contributed by atoms with Crippen LogP contribution in [0, 0.1) is 0 Å². The smallest absolute Gasteiger partial charge is 0.257 e. The quantitative estimate of drug-likeness (QED) is 0.714. The van der Waals surface area contributed by atoms with Gasteiger partial charge in [-0.1, -0.05) is 24.3 Å². The van der Waals surface area contributed by atoms with Crippen molar-refractivity contribution in [2.45, 2.75) is 6.92 Å². The van der Waals surface area contributed by atoms with Crippen LogP contribution in [-0.4, -0.2) is 53.6 Å². The van der Waals surface area contributed by atoms with Crippen molar-refractivity contribution < 1.29 is 9.53 Å². The monoisotopic (exact) mass is 362 g/mol. The number of nitrogens with zero attached hydrogens (tertiary/aromatic N) is 4. The minimum Gasteiger partial charge on any atom is -0.493 e. The molecule has 1 amide bonds. The summed E-state index contributed by atoms with van der Waals surface area (Å²) in [5, 5.41) is 2.11. The molecule has 4 rings (SSSR count). The first-order chi connectivity index (χ1) is 13.3. The molecule has 2 aromatic carbocycles. The van der Waals surface area contributed by atoms with Gasteiger partial charge in [-0.05, 0) is 35.9 Å². The van der Waals surface area contributed by atoms with E-state index in [0.717, 1.165) is 10.8 Å². The lowest BCUT2D eigenvalue weighted by Gasteiger charge is -2.35. The van der Waals surface area contributed by atoms with Crippen molar-refractivity contribution in [2.24, 2.45) is 0 Å². The summed E-state index contributed by atoms with van der Waals surface area (Å²) >= 11 is 0. The van der Waals surface area contributed by atoms with Gasteiger partial charge in [-0.3, -0.25) is 4.79 Å². The molecule has 1 fully saturated rings. The van der Waals surface area contributed by atoms with E-state index in [1.165, 1.54) is 0 Å². The molecular formula is C21H22N4O2. The molecule has 1 aliphatic heterocycles. The molecule has 1 saturated heterocycles. The number of carbonyl (C=O) groups is 1. The van der Waals surface area contributed by atoms with Gasteiger partial charge >= 0.3 is 0 Å².